The number of H-pyrrole nitrogens is 1. The summed E-state index contributed by atoms with van der Waals surface area (Å²) in [5, 5.41) is 14.9. The summed E-state index contributed by atoms with van der Waals surface area (Å²) in [5.41, 5.74) is 3.63. The Morgan fingerprint density at radius 2 is 1.76 bits per heavy atom. The van der Waals surface area contributed by atoms with Crippen molar-refractivity contribution in [2.24, 2.45) is 0 Å². The number of aryl methyl sites for hydroxylation is 2. The molecule has 0 saturated carbocycles. The Kier molecular flexibility index (Phi) is 7.46. The Balaban J connectivity index is 2.05. The molecule has 1 atom stereocenters. The van der Waals surface area contributed by atoms with E-state index in [1.165, 1.54) is 25.3 Å². The van der Waals surface area contributed by atoms with Crippen LogP contribution in [-0.4, -0.2) is 35.6 Å². The minimum absolute atomic E-state index is 0.0267. The summed E-state index contributed by atoms with van der Waals surface area (Å²) in [6.45, 7) is 7.23. The van der Waals surface area contributed by atoms with Gasteiger partial charge < -0.3 is 19.8 Å². The highest BCUT2D eigenvalue weighted by molar-refractivity contribution is 6.32. The summed E-state index contributed by atoms with van der Waals surface area (Å²) in [4.78, 5) is 40.5. The predicted octanol–water partition coefficient (Wildman–Crippen LogP) is 4.39. The number of aromatic nitrogens is 1. The lowest BCUT2D eigenvalue weighted by molar-refractivity contribution is -0.385. The number of hydrogen-bond acceptors (Lipinski definition) is 7. The number of dihydropyridines is 1. The predicted molar refractivity (Wildman–Crippen MR) is 126 cm³/mol. The largest absolute Gasteiger partial charge is 0.466 e. The normalized spacial score (nSPS) is 15.8. The number of nitro benzene ring substituents is 1. The van der Waals surface area contributed by atoms with Gasteiger partial charge in [0.15, 0.2) is 0 Å². The smallest absolute Gasteiger partial charge is 0.336 e. The van der Waals surface area contributed by atoms with E-state index in [2.05, 4.69) is 10.3 Å². The Hall–Kier alpha value is -3.59. The maximum absolute atomic E-state index is 13.3. The maximum Gasteiger partial charge on any atom is 0.336 e. The van der Waals surface area contributed by atoms with E-state index in [4.69, 9.17) is 21.1 Å². The highest BCUT2D eigenvalue weighted by Crippen LogP contribution is 2.45. The first-order valence-corrected chi connectivity index (χ1v) is 11.0. The van der Waals surface area contributed by atoms with Crippen molar-refractivity contribution >= 4 is 29.2 Å². The van der Waals surface area contributed by atoms with Gasteiger partial charge in [-0.1, -0.05) is 17.7 Å². The molecule has 9 nitrogen and oxygen atoms in total. The van der Waals surface area contributed by atoms with Gasteiger partial charge in [-0.2, -0.15) is 0 Å². The minimum Gasteiger partial charge on any atom is -0.466 e. The number of nitrogens with one attached hydrogen (secondary N) is 2. The highest BCUT2D eigenvalue weighted by atomic mass is 35.5. The molecule has 0 fully saturated rings. The molecule has 1 aromatic heterocycles. The van der Waals surface area contributed by atoms with Gasteiger partial charge >= 0.3 is 11.9 Å². The third kappa shape index (κ3) is 4.84. The molecular formula is C24H26ClN3O6. The number of nitro groups is 1. The molecule has 34 heavy (non-hydrogen) atoms. The molecule has 1 aromatic carbocycles. The number of esters is 2. The van der Waals surface area contributed by atoms with Crippen LogP contribution >= 0.6 is 11.6 Å². The van der Waals surface area contributed by atoms with Crippen LogP contribution in [0.25, 0.3) is 0 Å². The van der Waals surface area contributed by atoms with Gasteiger partial charge in [0, 0.05) is 35.3 Å². The van der Waals surface area contributed by atoms with E-state index in [1.54, 1.807) is 13.8 Å². The number of ether oxygens (including phenoxy) is 2. The molecule has 3 rings (SSSR count). The van der Waals surface area contributed by atoms with Crippen LogP contribution in [-0.2, 0) is 25.5 Å². The lowest BCUT2D eigenvalue weighted by Gasteiger charge is -2.30. The van der Waals surface area contributed by atoms with Crippen LogP contribution in [0.2, 0.25) is 5.02 Å². The number of allylic oxidation sites excluding steroid dienone is 2. The first-order valence-electron chi connectivity index (χ1n) is 10.6. The van der Waals surface area contributed by atoms with Crippen LogP contribution in [0.3, 0.4) is 0 Å². The average molecular weight is 488 g/mol. The highest BCUT2D eigenvalue weighted by Gasteiger charge is 2.42. The SMILES string of the molecule is COC(=O)C1=C(C)NC(C)=C(C(=O)OCCc2cc(C)[nH]c2C)C1c1c(Cl)cccc1[N+](=O)[O-]. The maximum atomic E-state index is 13.3. The van der Waals surface area contributed by atoms with Crippen molar-refractivity contribution in [1.29, 1.82) is 0 Å². The molecule has 1 aliphatic rings. The number of halogens is 1. The van der Waals surface area contributed by atoms with E-state index in [-0.39, 0.29) is 34.0 Å². The molecule has 0 bridgehead atoms. The van der Waals surface area contributed by atoms with E-state index in [0.717, 1.165) is 17.0 Å². The molecule has 0 spiro atoms. The molecule has 2 aromatic rings. The lowest BCUT2D eigenvalue weighted by Crippen LogP contribution is -2.33. The molecule has 0 saturated heterocycles. The molecule has 0 radical (unpaired) electrons. The Morgan fingerprint density at radius 3 is 2.32 bits per heavy atom. The van der Waals surface area contributed by atoms with E-state index in [9.17, 15) is 19.7 Å². The second-order valence-corrected chi connectivity index (χ2v) is 8.45. The summed E-state index contributed by atoms with van der Waals surface area (Å²) < 4.78 is 10.5. The van der Waals surface area contributed by atoms with E-state index >= 15 is 0 Å². The van der Waals surface area contributed by atoms with Crippen molar-refractivity contribution in [1.82, 2.24) is 10.3 Å². The number of methoxy groups -OCH3 is 1. The third-order valence-electron chi connectivity index (χ3n) is 5.76. The number of nitrogens with zero attached hydrogens (tertiary/aromatic N) is 1. The summed E-state index contributed by atoms with van der Waals surface area (Å²) in [5.74, 6) is -2.59. The fourth-order valence-electron chi connectivity index (χ4n) is 4.28. The molecule has 10 heteroatoms. The van der Waals surface area contributed by atoms with Crippen molar-refractivity contribution in [3.63, 3.8) is 0 Å². The van der Waals surface area contributed by atoms with Gasteiger partial charge in [0.2, 0.25) is 0 Å². The van der Waals surface area contributed by atoms with E-state index in [1.807, 2.05) is 19.9 Å². The van der Waals surface area contributed by atoms with Crippen molar-refractivity contribution in [3.05, 3.63) is 84.5 Å². The van der Waals surface area contributed by atoms with E-state index < -0.39 is 22.8 Å². The number of benzene rings is 1. The third-order valence-corrected chi connectivity index (χ3v) is 6.09. The average Bonchev–Trinajstić information content (AvgIpc) is 3.09. The molecule has 2 heterocycles. The monoisotopic (exact) mass is 487 g/mol. The van der Waals surface area contributed by atoms with Crippen molar-refractivity contribution < 1.29 is 24.0 Å². The van der Waals surface area contributed by atoms with Gasteiger partial charge in [-0.15, -0.1) is 0 Å². The lowest BCUT2D eigenvalue weighted by atomic mass is 9.79. The Labute approximate surface area is 201 Å². The molecule has 0 aliphatic carbocycles. The zero-order valence-electron chi connectivity index (χ0n) is 19.6. The zero-order valence-corrected chi connectivity index (χ0v) is 20.3. The van der Waals surface area contributed by atoms with Crippen LogP contribution in [0.4, 0.5) is 5.69 Å². The van der Waals surface area contributed by atoms with Gasteiger partial charge in [0.05, 0.1) is 46.3 Å². The summed E-state index contributed by atoms with van der Waals surface area (Å²) in [7, 11) is 1.20. The van der Waals surface area contributed by atoms with Crippen molar-refractivity contribution in [2.45, 2.75) is 40.0 Å². The number of carbonyl (C=O) groups is 2. The van der Waals surface area contributed by atoms with Crippen LogP contribution in [0.15, 0.2) is 46.8 Å². The van der Waals surface area contributed by atoms with E-state index in [0.29, 0.717) is 17.8 Å². The van der Waals surface area contributed by atoms with Crippen molar-refractivity contribution in [3.8, 4) is 0 Å². The first kappa shape index (κ1) is 25.0. The summed E-state index contributed by atoms with van der Waals surface area (Å²) in [6, 6.07) is 6.18. The second-order valence-electron chi connectivity index (χ2n) is 8.05. The minimum atomic E-state index is -1.15. The zero-order chi connectivity index (χ0) is 25.2. The second kappa shape index (κ2) is 10.1. The number of aromatic amines is 1. The number of carbonyl (C=O) groups excluding carboxylic acids is 2. The molecule has 1 unspecified atom stereocenters. The number of hydrogen-bond donors (Lipinski definition) is 2. The van der Waals surface area contributed by atoms with Gasteiger partial charge in [-0.3, -0.25) is 10.1 Å². The van der Waals surface area contributed by atoms with Crippen LogP contribution < -0.4 is 5.32 Å². The van der Waals surface area contributed by atoms with Crippen LogP contribution in [0.5, 0.6) is 0 Å². The van der Waals surface area contributed by atoms with Gasteiger partial charge in [-0.25, -0.2) is 9.59 Å². The number of rotatable bonds is 7. The standard InChI is InChI=1S/C24H26ClN3O6/c1-12-11-16(13(2)26-12)9-10-34-24(30)20-15(4)27-14(3)19(23(29)33-5)22(20)21-17(25)7-6-8-18(21)28(31)32/h6-8,11,22,26-27H,9-10H2,1-5H3. The Bertz CT molecular complexity index is 1230. The summed E-state index contributed by atoms with van der Waals surface area (Å²) >= 11 is 6.41. The fourth-order valence-corrected chi connectivity index (χ4v) is 4.56. The quantitative estimate of drug-likeness (QED) is 0.337. The molecule has 2 N–H and O–H groups in total. The van der Waals surface area contributed by atoms with Crippen LogP contribution in [0.1, 0.15) is 42.3 Å². The van der Waals surface area contributed by atoms with Crippen molar-refractivity contribution in [2.75, 3.05) is 13.7 Å². The molecule has 0 amide bonds. The van der Waals surface area contributed by atoms with Crippen LogP contribution in [0, 0.1) is 24.0 Å². The molecular weight excluding hydrogens is 462 g/mol. The van der Waals surface area contributed by atoms with Gasteiger partial charge in [0.25, 0.3) is 5.69 Å². The van der Waals surface area contributed by atoms with Gasteiger partial charge in [0.1, 0.15) is 0 Å². The topological polar surface area (TPSA) is 124 Å². The Morgan fingerprint density at radius 1 is 1.12 bits per heavy atom. The molecule has 180 valence electrons. The molecule has 1 aliphatic heterocycles. The fraction of sp³-hybridized carbons (Fsp3) is 0.333. The summed E-state index contributed by atoms with van der Waals surface area (Å²) in [6.07, 6.45) is 0.483. The first-order chi connectivity index (χ1) is 16.1. The van der Waals surface area contributed by atoms with Gasteiger partial charge in [-0.05, 0) is 45.4 Å².